The van der Waals surface area contributed by atoms with Gasteiger partial charge in [-0.15, -0.1) is 0 Å². The van der Waals surface area contributed by atoms with Crippen LogP contribution in [0.1, 0.15) is 123 Å². The van der Waals surface area contributed by atoms with Crippen molar-refractivity contribution in [1.29, 1.82) is 0 Å². The van der Waals surface area contributed by atoms with Gasteiger partial charge in [-0.05, 0) is 76.2 Å². The zero-order chi connectivity index (χ0) is 55.7. The number of rotatable bonds is 21. The van der Waals surface area contributed by atoms with Crippen LogP contribution in [0.15, 0.2) is 24.3 Å². The molecule has 0 bridgehead atoms. The molecule has 0 saturated carbocycles. The van der Waals surface area contributed by atoms with Gasteiger partial charge in [-0.2, -0.15) is 0 Å². The Morgan fingerprint density at radius 1 is 0.707 bits per heavy atom. The summed E-state index contributed by atoms with van der Waals surface area (Å²) >= 11 is 0. The monoisotopic (exact) mass is 1060 g/mol. The highest BCUT2D eigenvalue weighted by Crippen LogP contribution is 2.25. The zero-order valence-corrected chi connectivity index (χ0v) is 44.5. The molecule has 3 aliphatic rings. The standard InChI is InChI=1S/C52H86N8O15/c1-7-29(2)24-30(3)14-12-10-8-9-11-13-15-41(68)53-35-27-40(67)48(71)57-50(73)45-38(65)21-23-59(45)52(75)44(37(64)20-22-58(5)6)56-49(72)43(39(66)25-32-16-18-33(62)19-17-32)55-47(70)36-26-34(63)28-60(36)51(74)42(31(4)61)54-46(35)69/h16-19,29-31,34-40,42-45,48,61-67,71H,7-15,20-28H2,1-6H3,(H,53,68)(H,54,69)(H,55,70)(H,56,72)(H,57,73)/t29?,30?,31-,34-,35+,36+,37-,38+,39-,40-,42+,43+,44+,45+,48-/m1/s1. The largest absolute Gasteiger partial charge is 0.508 e. The summed E-state index contributed by atoms with van der Waals surface area (Å²) in [6.07, 6.45) is -5.50. The number of phenols is 1. The van der Waals surface area contributed by atoms with Crippen LogP contribution in [-0.4, -0.2) is 210 Å². The molecule has 3 saturated heterocycles. The Labute approximate surface area is 440 Å². The van der Waals surface area contributed by atoms with E-state index in [0.29, 0.717) is 30.2 Å². The Morgan fingerprint density at radius 2 is 1.32 bits per heavy atom. The minimum atomic E-state index is -2.20. The molecule has 424 valence electrons. The van der Waals surface area contributed by atoms with Crippen molar-refractivity contribution in [3.63, 3.8) is 0 Å². The Bertz CT molecular complexity index is 2030. The normalized spacial score (nSPS) is 28.7. The van der Waals surface area contributed by atoms with Crippen LogP contribution < -0.4 is 26.6 Å². The van der Waals surface area contributed by atoms with Crippen LogP contribution in [0.5, 0.6) is 5.75 Å². The molecule has 75 heavy (non-hydrogen) atoms. The number of unbranched alkanes of at least 4 members (excludes halogenated alkanes) is 5. The molecule has 15 atom stereocenters. The van der Waals surface area contributed by atoms with Gasteiger partial charge < -0.3 is 82.1 Å². The first-order chi connectivity index (χ1) is 35.4. The lowest BCUT2D eigenvalue weighted by molar-refractivity contribution is -0.148. The van der Waals surface area contributed by atoms with Crippen molar-refractivity contribution in [2.75, 3.05) is 33.7 Å². The van der Waals surface area contributed by atoms with Gasteiger partial charge in [-0.1, -0.05) is 77.8 Å². The summed E-state index contributed by atoms with van der Waals surface area (Å²) in [5, 5.41) is 101. The number of carbonyl (C=O) groups is 7. The Kier molecular flexibility index (Phi) is 25.1. The van der Waals surface area contributed by atoms with Gasteiger partial charge in [-0.3, -0.25) is 33.6 Å². The highest BCUT2D eigenvalue weighted by Gasteiger charge is 2.48. The lowest BCUT2D eigenvalue weighted by Crippen LogP contribution is -2.64. The number of fused-ring (bicyclic) bond motifs is 2. The molecule has 0 radical (unpaired) electrons. The fourth-order valence-electron chi connectivity index (χ4n) is 10.00. The molecule has 3 heterocycles. The molecular weight excluding hydrogens is 977 g/mol. The maximum absolute atomic E-state index is 14.6. The van der Waals surface area contributed by atoms with E-state index in [0.717, 1.165) is 55.2 Å². The second-order valence-corrected chi connectivity index (χ2v) is 21.4. The van der Waals surface area contributed by atoms with Crippen LogP contribution in [0.2, 0.25) is 0 Å². The number of carbonyl (C=O) groups excluding carboxylic acids is 7. The number of nitrogens with one attached hydrogen (secondary N) is 5. The van der Waals surface area contributed by atoms with Crippen molar-refractivity contribution < 1.29 is 74.4 Å². The molecule has 3 fully saturated rings. The molecule has 1 aromatic carbocycles. The summed E-state index contributed by atoms with van der Waals surface area (Å²) in [5.74, 6) is -6.15. The average Bonchev–Trinajstić information content (AvgIpc) is 3.95. The molecule has 13 N–H and O–H groups in total. The number of phenolic OH excluding ortho intramolecular Hbond substituents is 1. The summed E-state index contributed by atoms with van der Waals surface area (Å²) in [7, 11) is 3.37. The van der Waals surface area contributed by atoms with Crippen LogP contribution in [-0.2, 0) is 40.0 Å². The predicted molar refractivity (Wildman–Crippen MR) is 274 cm³/mol. The van der Waals surface area contributed by atoms with Gasteiger partial charge in [0.25, 0.3) is 0 Å². The van der Waals surface area contributed by atoms with Gasteiger partial charge in [0.05, 0.1) is 30.5 Å². The minimum absolute atomic E-state index is 0.0391. The van der Waals surface area contributed by atoms with Gasteiger partial charge in [0.15, 0.2) is 6.23 Å². The summed E-state index contributed by atoms with van der Waals surface area (Å²) in [4.78, 5) is 103. The van der Waals surface area contributed by atoms with E-state index in [2.05, 4.69) is 47.4 Å². The molecule has 7 amide bonds. The first kappa shape index (κ1) is 62.5. The fourth-order valence-corrected chi connectivity index (χ4v) is 10.00. The molecular formula is C52H86N8O15. The van der Waals surface area contributed by atoms with Crippen LogP contribution >= 0.6 is 0 Å². The number of benzene rings is 1. The number of hydrogen-bond donors (Lipinski definition) is 13. The van der Waals surface area contributed by atoms with Gasteiger partial charge in [0.2, 0.25) is 41.4 Å². The summed E-state index contributed by atoms with van der Waals surface area (Å²) in [6, 6.07) is -5.24. The molecule has 1 aromatic rings. The van der Waals surface area contributed by atoms with Crippen LogP contribution in [0.25, 0.3) is 0 Å². The Hall–Kier alpha value is -5.01. The van der Waals surface area contributed by atoms with Crippen LogP contribution in [0.4, 0.5) is 0 Å². The van der Waals surface area contributed by atoms with Crippen LogP contribution in [0, 0.1) is 11.8 Å². The first-order valence-corrected chi connectivity index (χ1v) is 26.7. The highest BCUT2D eigenvalue weighted by molar-refractivity contribution is 5.98. The lowest BCUT2D eigenvalue weighted by atomic mass is 9.91. The second kappa shape index (κ2) is 30.1. The molecule has 23 nitrogen and oxygen atoms in total. The van der Waals surface area contributed by atoms with E-state index < -0.39 is 140 Å². The van der Waals surface area contributed by atoms with Gasteiger partial charge >= 0.3 is 0 Å². The summed E-state index contributed by atoms with van der Waals surface area (Å²) in [6.45, 7) is 7.28. The highest BCUT2D eigenvalue weighted by atomic mass is 16.3. The maximum Gasteiger partial charge on any atom is 0.248 e. The minimum Gasteiger partial charge on any atom is -0.508 e. The molecule has 0 spiro atoms. The maximum atomic E-state index is 14.6. The molecule has 3 aliphatic heterocycles. The number of aromatic hydroxyl groups is 1. The van der Waals surface area contributed by atoms with Crippen molar-refractivity contribution in [3.8, 4) is 5.75 Å². The smallest absolute Gasteiger partial charge is 0.248 e. The number of amides is 7. The first-order valence-electron chi connectivity index (χ1n) is 26.7. The quantitative estimate of drug-likeness (QED) is 0.0607. The third-order valence-corrected chi connectivity index (χ3v) is 14.6. The summed E-state index contributed by atoms with van der Waals surface area (Å²) in [5.41, 5.74) is 0.382. The van der Waals surface area contributed by atoms with E-state index >= 15 is 0 Å². The Morgan fingerprint density at radius 3 is 1.96 bits per heavy atom. The van der Waals surface area contributed by atoms with Crippen molar-refractivity contribution in [1.82, 2.24) is 41.3 Å². The van der Waals surface area contributed by atoms with Crippen LogP contribution in [0.3, 0.4) is 0 Å². The van der Waals surface area contributed by atoms with E-state index in [1.165, 1.54) is 30.7 Å². The summed E-state index contributed by atoms with van der Waals surface area (Å²) < 4.78 is 0. The van der Waals surface area contributed by atoms with E-state index in [4.69, 9.17) is 0 Å². The van der Waals surface area contributed by atoms with E-state index in [-0.39, 0.29) is 44.5 Å². The second-order valence-electron chi connectivity index (χ2n) is 21.4. The molecule has 4 rings (SSSR count). The number of hydrogen-bond acceptors (Lipinski definition) is 16. The van der Waals surface area contributed by atoms with E-state index in [1.807, 2.05) is 0 Å². The third-order valence-electron chi connectivity index (χ3n) is 14.6. The van der Waals surface area contributed by atoms with Gasteiger partial charge in [0, 0.05) is 45.3 Å². The lowest BCUT2D eigenvalue weighted by Gasteiger charge is -2.34. The molecule has 23 heteroatoms. The molecule has 2 unspecified atom stereocenters. The number of nitrogens with zero attached hydrogens (tertiary/aromatic N) is 3. The fraction of sp³-hybridized carbons (Fsp3) is 0.750. The third kappa shape index (κ3) is 18.9. The van der Waals surface area contributed by atoms with Crippen molar-refractivity contribution in [2.24, 2.45) is 11.8 Å². The molecule has 0 aliphatic carbocycles. The predicted octanol–water partition coefficient (Wildman–Crippen LogP) is -1.76. The number of aliphatic hydroxyl groups excluding tert-OH is 7. The average molecular weight is 1060 g/mol. The van der Waals surface area contributed by atoms with Crippen molar-refractivity contribution >= 4 is 41.4 Å². The van der Waals surface area contributed by atoms with E-state index in [1.54, 1.807) is 19.0 Å². The van der Waals surface area contributed by atoms with Gasteiger partial charge in [0.1, 0.15) is 48.1 Å². The van der Waals surface area contributed by atoms with Gasteiger partial charge in [-0.25, -0.2) is 0 Å². The zero-order valence-electron chi connectivity index (χ0n) is 44.5. The van der Waals surface area contributed by atoms with E-state index in [9.17, 15) is 74.4 Å². The SMILES string of the molecule is CCC(C)CC(C)CCCCCCCCC(=O)N[C@H]1C[C@@H](O)[C@@H](O)NC(=O)[C@@H]2[C@@H](O)CCN2C(=O)[C@H]([C@H](O)CCN(C)C)NC(=O)[C@H]([C@H](O)Cc2ccc(O)cc2)NC(=O)[C@@H]2C[C@@H](O)CN2C(=O)[C@H]([C@@H](C)O)NC1=O. The van der Waals surface area contributed by atoms with Crippen molar-refractivity contribution in [2.45, 2.75) is 203 Å². The topological polar surface area (TPSA) is 351 Å². The van der Waals surface area contributed by atoms with Crippen molar-refractivity contribution in [3.05, 3.63) is 29.8 Å². The number of aliphatic hydroxyl groups is 7. The Balaban J connectivity index is 1.68. The molecule has 0 aromatic heterocycles.